The van der Waals surface area contributed by atoms with E-state index in [1.54, 1.807) is 26.1 Å². The van der Waals surface area contributed by atoms with E-state index in [2.05, 4.69) is 39.5 Å². The maximum Gasteiger partial charge on any atom is 0.251 e. The normalized spacial score (nSPS) is 14.2. The van der Waals surface area contributed by atoms with Crippen LogP contribution in [0, 0.1) is 0 Å². The fourth-order valence-corrected chi connectivity index (χ4v) is 2.84. The van der Waals surface area contributed by atoms with Gasteiger partial charge in [0, 0.05) is 24.8 Å². The van der Waals surface area contributed by atoms with Crippen molar-refractivity contribution >= 4 is 11.7 Å². The van der Waals surface area contributed by atoms with Crippen molar-refractivity contribution in [2.24, 2.45) is 0 Å². The summed E-state index contributed by atoms with van der Waals surface area (Å²) in [5, 5.41) is 12.1. The number of benzene rings is 1. The Labute approximate surface area is 142 Å². The second-order valence-corrected chi connectivity index (χ2v) is 6.84. The van der Waals surface area contributed by atoms with E-state index in [1.807, 2.05) is 6.07 Å². The topological polar surface area (TPSA) is 65.5 Å². The lowest BCUT2D eigenvalue weighted by atomic mass is 10.00. The lowest BCUT2D eigenvalue weighted by Crippen LogP contribution is -2.46. The van der Waals surface area contributed by atoms with E-state index < -0.39 is 5.54 Å². The monoisotopic (exact) mass is 325 g/mol. The zero-order valence-corrected chi connectivity index (χ0v) is 14.1. The number of aromatic nitrogens is 1. The van der Waals surface area contributed by atoms with Crippen LogP contribution >= 0.6 is 0 Å². The standard InChI is InChI=1S/C19H23N3O2/c1-19(2,13-23)21-18(24)15-7-9-20-17(11-15)22-10-8-14-5-3-4-6-16(14)12-22/h3-7,9,11,23H,8,10,12-13H2,1-2H3,(H,21,24). The summed E-state index contributed by atoms with van der Waals surface area (Å²) < 4.78 is 0. The fraction of sp³-hybridized carbons (Fsp3) is 0.368. The number of carbonyl (C=O) groups is 1. The van der Waals surface area contributed by atoms with E-state index in [9.17, 15) is 9.90 Å². The lowest BCUT2D eigenvalue weighted by Gasteiger charge is -2.30. The van der Waals surface area contributed by atoms with Gasteiger partial charge in [0.2, 0.25) is 0 Å². The first kappa shape index (κ1) is 16.5. The number of anilines is 1. The molecule has 0 unspecified atom stereocenters. The molecule has 126 valence electrons. The van der Waals surface area contributed by atoms with Gasteiger partial charge in [0.1, 0.15) is 5.82 Å². The van der Waals surface area contributed by atoms with Crippen molar-refractivity contribution in [1.82, 2.24) is 10.3 Å². The highest BCUT2D eigenvalue weighted by Gasteiger charge is 2.22. The summed E-state index contributed by atoms with van der Waals surface area (Å²) in [4.78, 5) is 19.0. The Kier molecular flexibility index (Phi) is 4.53. The summed E-state index contributed by atoms with van der Waals surface area (Å²) in [5.41, 5.74) is 2.60. The van der Waals surface area contributed by atoms with E-state index in [4.69, 9.17) is 0 Å². The number of hydrogen-bond acceptors (Lipinski definition) is 4. The SMILES string of the molecule is CC(C)(CO)NC(=O)c1ccnc(N2CCc3ccccc3C2)c1. The minimum Gasteiger partial charge on any atom is -0.394 e. The van der Waals surface area contributed by atoms with Gasteiger partial charge in [-0.2, -0.15) is 0 Å². The molecule has 0 atom stereocenters. The molecule has 5 heteroatoms. The summed E-state index contributed by atoms with van der Waals surface area (Å²) in [5.74, 6) is 0.606. The number of pyridine rings is 1. The third-order valence-corrected chi connectivity index (χ3v) is 4.31. The number of hydrogen-bond donors (Lipinski definition) is 2. The van der Waals surface area contributed by atoms with Crippen LogP contribution in [0.25, 0.3) is 0 Å². The first-order chi connectivity index (χ1) is 11.5. The van der Waals surface area contributed by atoms with Crippen LogP contribution in [0.15, 0.2) is 42.6 Å². The summed E-state index contributed by atoms with van der Waals surface area (Å²) in [6, 6.07) is 11.9. The van der Waals surface area contributed by atoms with Crippen LogP contribution in [-0.2, 0) is 13.0 Å². The van der Waals surface area contributed by atoms with Crippen LogP contribution in [0.3, 0.4) is 0 Å². The molecule has 0 fully saturated rings. The molecule has 2 heterocycles. The highest BCUT2D eigenvalue weighted by atomic mass is 16.3. The Balaban J connectivity index is 1.78. The van der Waals surface area contributed by atoms with E-state index in [1.165, 1.54) is 11.1 Å². The molecule has 2 N–H and O–H groups in total. The molecule has 1 aliphatic rings. The van der Waals surface area contributed by atoms with Gasteiger partial charge in [-0.3, -0.25) is 4.79 Å². The van der Waals surface area contributed by atoms with Crippen LogP contribution in [0.1, 0.15) is 35.3 Å². The number of nitrogens with one attached hydrogen (secondary N) is 1. The van der Waals surface area contributed by atoms with Crippen molar-refractivity contribution < 1.29 is 9.90 Å². The van der Waals surface area contributed by atoms with Crippen molar-refractivity contribution in [1.29, 1.82) is 0 Å². The lowest BCUT2D eigenvalue weighted by molar-refractivity contribution is 0.0869. The molecule has 2 aromatic rings. The first-order valence-electron chi connectivity index (χ1n) is 8.20. The van der Waals surface area contributed by atoms with Gasteiger partial charge in [-0.1, -0.05) is 24.3 Å². The number of fused-ring (bicyclic) bond motifs is 1. The first-order valence-corrected chi connectivity index (χ1v) is 8.20. The number of aliphatic hydroxyl groups is 1. The molecule has 5 nitrogen and oxygen atoms in total. The molecule has 24 heavy (non-hydrogen) atoms. The van der Waals surface area contributed by atoms with Crippen molar-refractivity contribution in [2.45, 2.75) is 32.4 Å². The van der Waals surface area contributed by atoms with E-state index in [-0.39, 0.29) is 12.5 Å². The number of rotatable bonds is 4. The second-order valence-electron chi connectivity index (χ2n) is 6.84. The third kappa shape index (κ3) is 3.57. The zero-order chi connectivity index (χ0) is 17.2. The number of carbonyl (C=O) groups excluding carboxylic acids is 1. The van der Waals surface area contributed by atoms with Gasteiger partial charge >= 0.3 is 0 Å². The molecular formula is C19H23N3O2. The number of nitrogens with zero attached hydrogens (tertiary/aromatic N) is 2. The number of aliphatic hydroxyl groups excluding tert-OH is 1. The smallest absolute Gasteiger partial charge is 0.251 e. The van der Waals surface area contributed by atoms with Gasteiger partial charge < -0.3 is 15.3 Å². The maximum atomic E-state index is 12.4. The molecule has 0 radical (unpaired) electrons. The predicted molar refractivity (Wildman–Crippen MR) is 94.1 cm³/mol. The van der Waals surface area contributed by atoms with Gasteiger partial charge in [-0.05, 0) is 43.5 Å². The van der Waals surface area contributed by atoms with Crippen LogP contribution in [0.4, 0.5) is 5.82 Å². The summed E-state index contributed by atoms with van der Waals surface area (Å²) in [6.07, 6.45) is 2.64. The molecule has 1 aromatic heterocycles. The molecule has 1 aliphatic heterocycles. The molecular weight excluding hydrogens is 302 g/mol. The van der Waals surface area contributed by atoms with Gasteiger partial charge in [0.05, 0.1) is 12.1 Å². The van der Waals surface area contributed by atoms with Crippen molar-refractivity contribution in [3.05, 3.63) is 59.3 Å². The molecule has 1 aromatic carbocycles. The fourth-order valence-electron chi connectivity index (χ4n) is 2.84. The van der Waals surface area contributed by atoms with E-state index in [0.717, 1.165) is 25.3 Å². The maximum absolute atomic E-state index is 12.4. The van der Waals surface area contributed by atoms with Gasteiger partial charge in [-0.15, -0.1) is 0 Å². The zero-order valence-electron chi connectivity index (χ0n) is 14.1. The summed E-state index contributed by atoms with van der Waals surface area (Å²) in [7, 11) is 0. The number of amides is 1. The largest absolute Gasteiger partial charge is 0.394 e. The van der Waals surface area contributed by atoms with Crippen LogP contribution in [-0.4, -0.2) is 34.7 Å². The molecule has 0 saturated carbocycles. The molecule has 0 aliphatic carbocycles. The van der Waals surface area contributed by atoms with Gasteiger partial charge in [0.25, 0.3) is 5.91 Å². The molecule has 0 saturated heterocycles. The highest BCUT2D eigenvalue weighted by Crippen LogP contribution is 2.23. The van der Waals surface area contributed by atoms with Gasteiger partial charge in [0.15, 0.2) is 0 Å². The Morgan fingerprint density at radius 2 is 2.04 bits per heavy atom. The van der Waals surface area contributed by atoms with Crippen LogP contribution < -0.4 is 10.2 Å². The Bertz CT molecular complexity index is 743. The molecule has 1 amide bonds. The third-order valence-electron chi connectivity index (χ3n) is 4.31. The Hall–Kier alpha value is -2.40. The minimum absolute atomic E-state index is 0.112. The minimum atomic E-state index is -0.648. The predicted octanol–water partition coefficient (Wildman–Crippen LogP) is 2.15. The quantitative estimate of drug-likeness (QED) is 0.904. The summed E-state index contributed by atoms with van der Waals surface area (Å²) in [6.45, 7) is 5.15. The van der Waals surface area contributed by atoms with E-state index >= 15 is 0 Å². The summed E-state index contributed by atoms with van der Waals surface area (Å²) >= 11 is 0. The average molecular weight is 325 g/mol. The Morgan fingerprint density at radius 3 is 2.79 bits per heavy atom. The van der Waals surface area contributed by atoms with Crippen molar-refractivity contribution in [2.75, 3.05) is 18.1 Å². The van der Waals surface area contributed by atoms with Crippen LogP contribution in [0.2, 0.25) is 0 Å². The van der Waals surface area contributed by atoms with Gasteiger partial charge in [-0.25, -0.2) is 4.98 Å². The highest BCUT2D eigenvalue weighted by molar-refractivity contribution is 5.95. The molecule has 3 rings (SSSR count). The van der Waals surface area contributed by atoms with Crippen molar-refractivity contribution in [3.63, 3.8) is 0 Å². The molecule has 0 bridgehead atoms. The second kappa shape index (κ2) is 6.61. The van der Waals surface area contributed by atoms with Crippen molar-refractivity contribution in [3.8, 4) is 0 Å². The average Bonchev–Trinajstić information content (AvgIpc) is 2.61. The van der Waals surface area contributed by atoms with E-state index in [0.29, 0.717) is 5.56 Å². The molecule has 0 spiro atoms. The Morgan fingerprint density at radius 1 is 1.29 bits per heavy atom. The van der Waals surface area contributed by atoms with Crippen LogP contribution in [0.5, 0.6) is 0 Å².